The van der Waals surface area contributed by atoms with Crippen molar-refractivity contribution in [1.29, 1.82) is 0 Å². The molecule has 0 saturated heterocycles. The lowest BCUT2D eigenvalue weighted by molar-refractivity contribution is 0.836. The Morgan fingerprint density at radius 3 is 2.90 bits per heavy atom. The number of nitrogens with zero attached hydrogens (tertiary/aromatic N) is 1. The lowest BCUT2D eigenvalue weighted by Crippen LogP contribution is -1.91. The molecule has 0 aliphatic carbocycles. The van der Waals surface area contributed by atoms with Gasteiger partial charge in [-0.3, -0.25) is 0 Å². The van der Waals surface area contributed by atoms with Gasteiger partial charge in [0.05, 0.1) is 0 Å². The molecule has 1 radical (unpaired) electrons. The average Bonchev–Trinajstić information content (AvgIpc) is 2.31. The third-order valence-corrected chi connectivity index (χ3v) is 1.63. The molecule has 0 spiro atoms. The minimum atomic E-state index is 1.18. The molecule has 1 rings (SSSR count). The van der Waals surface area contributed by atoms with Crippen LogP contribution >= 0.6 is 0 Å². The van der Waals surface area contributed by atoms with E-state index >= 15 is 0 Å². The van der Waals surface area contributed by atoms with Gasteiger partial charge >= 0.3 is 0 Å². The van der Waals surface area contributed by atoms with Crippen molar-refractivity contribution in [3.8, 4) is 0 Å². The zero-order chi connectivity index (χ0) is 7.40. The molecule has 0 saturated carbocycles. The van der Waals surface area contributed by atoms with Gasteiger partial charge < -0.3 is 4.57 Å². The van der Waals surface area contributed by atoms with E-state index in [1.807, 2.05) is 0 Å². The SMILES string of the molecule is CCC[CH]c1cccn1C. The second-order valence-electron chi connectivity index (χ2n) is 2.54. The smallest absolute Gasteiger partial charge is 0.0209 e. The standard InChI is InChI=1S/C9H14N/c1-3-4-6-9-7-5-8-10(9)2/h5-8H,3-4H2,1-2H3. The third-order valence-electron chi connectivity index (χ3n) is 1.63. The maximum atomic E-state index is 2.26. The molecule has 1 heteroatoms. The lowest BCUT2D eigenvalue weighted by atomic mass is 10.2. The average molecular weight is 136 g/mol. The lowest BCUT2D eigenvalue weighted by Gasteiger charge is -1.99. The Labute approximate surface area is 62.7 Å². The molecule has 1 aromatic rings. The molecule has 10 heavy (non-hydrogen) atoms. The first-order chi connectivity index (χ1) is 4.84. The van der Waals surface area contributed by atoms with Crippen LogP contribution in [0.2, 0.25) is 0 Å². The van der Waals surface area contributed by atoms with Crippen LogP contribution in [-0.2, 0) is 7.05 Å². The largest absolute Gasteiger partial charge is 0.354 e. The summed E-state index contributed by atoms with van der Waals surface area (Å²) in [6.45, 7) is 2.19. The molecule has 0 unspecified atom stereocenters. The van der Waals surface area contributed by atoms with E-state index in [0.717, 1.165) is 0 Å². The predicted molar refractivity (Wildman–Crippen MR) is 43.7 cm³/mol. The van der Waals surface area contributed by atoms with E-state index in [1.165, 1.54) is 18.5 Å². The highest BCUT2D eigenvalue weighted by Crippen LogP contribution is 2.06. The molecule has 1 heterocycles. The van der Waals surface area contributed by atoms with Crippen LogP contribution in [0.25, 0.3) is 0 Å². The maximum Gasteiger partial charge on any atom is 0.0209 e. The van der Waals surface area contributed by atoms with Crippen molar-refractivity contribution >= 4 is 0 Å². The van der Waals surface area contributed by atoms with Crippen LogP contribution in [0.4, 0.5) is 0 Å². The number of aryl methyl sites for hydroxylation is 1. The number of aromatic nitrogens is 1. The molecule has 0 fully saturated rings. The van der Waals surface area contributed by atoms with E-state index in [9.17, 15) is 0 Å². The van der Waals surface area contributed by atoms with Crippen molar-refractivity contribution < 1.29 is 0 Å². The van der Waals surface area contributed by atoms with Gasteiger partial charge in [0.15, 0.2) is 0 Å². The minimum absolute atomic E-state index is 1.18. The first kappa shape index (κ1) is 7.39. The summed E-state index contributed by atoms with van der Waals surface area (Å²) in [7, 11) is 2.07. The predicted octanol–water partition coefficient (Wildman–Crippen LogP) is 2.38. The van der Waals surface area contributed by atoms with Gasteiger partial charge in [-0.1, -0.05) is 13.3 Å². The molecule has 1 aromatic heterocycles. The Hall–Kier alpha value is -0.720. The second-order valence-corrected chi connectivity index (χ2v) is 2.54. The van der Waals surface area contributed by atoms with E-state index in [4.69, 9.17) is 0 Å². The van der Waals surface area contributed by atoms with Gasteiger partial charge in [-0.25, -0.2) is 0 Å². The number of unbranched alkanes of at least 4 members (excludes halogenated alkanes) is 1. The molecular weight excluding hydrogens is 122 g/mol. The third kappa shape index (κ3) is 1.63. The van der Waals surface area contributed by atoms with Crippen molar-refractivity contribution in [1.82, 2.24) is 4.57 Å². The summed E-state index contributed by atoms with van der Waals surface area (Å²) in [5, 5.41) is 0. The summed E-state index contributed by atoms with van der Waals surface area (Å²) < 4.78 is 2.13. The van der Waals surface area contributed by atoms with Crippen LogP contribution in [-0.4, -0.2) is 4.57 Å². The molecule has 0 amide bonds. The van der Waals surface area contributed by atoms with Crippen LogP contribution in [0, 0.1) is 6.42 Å². The Bertz CT molecular complexity index is 188. The molecular formula is C9H14N. The summed E-state index contributed by atoms with van der Waals surface area (Å²) in [6.07, 6.45) is 6.74. The van der Waals surface area contributed by atoms with Crippen LogP contribution < -0.4 is 0 Å². The van der Waals surface area contributed by atoms with Crippen molar-refractivity contribution in [2.45, 2.75) is 19.8 Å². The van der Waals surface area contributed by atoms with Gasteiger partial charge in [-0.05, 0) is 18.6 Å². The molecule has 0 aliphatic rings. The minimum Gasteiger partial charge on any atom is -0.354 e. The van der Waals surface area contributed by atoms with Gasteiger partial charge in [-0.2, -0.15) is 0 Å². The highest BCUT2D eigenvalue weighted by Gasteiger charge is 1.94. The van der Waals surface area contributed by atoms with Gasteiger partial charge in [0.25, 0.3) is 0 Å². The molecule has 55 valence electrons. The zero-order valence-corrected chi connectivity index (χ0v) is 6.67. The first-order valence-corrected chi connectivity index (χ1v) is 3.79. The Kier molecular flexibility index (Phi) is 2.55. The summed E-state index contributed by atoms with van der Waals surface area (Å²) in [4.78, 5) is 0. The van der Waals surface area contributed by atoms with Crippen molar-refractivity contribution in [2.24, 2.45) is 7.05 Å². The van der Waals surface area contributed by atoms with E-state index in [0.29, 0.717) is 0 Å². The maximum absolute atomic E-state index is 2.26. The second kappa shape index (κ2) is 3.45. The van der Waals surface area contributed by atoms with Crippen LogP contribution in [0.1, 0.15) is 25.5 Å². The van der Waals surface area contributed by atoms with Gasteiger partial charge in [0.1, 0.15) is 0 Å². The van der Waals surface area contributed by atoms with Gasteiger partial charge in [-0.15, -0.1) is 0 Å². The number of hydrogen-bond acceptors (Lipinski definition) is 0. The molecule has 0 bridgehead atoms. The zero-order valence-electron chi connectivity index (χ0n) is 6.67. The Balaban J connectivity index is 2.49. The van der Waals surface area contributed by atoms with E-state index in [2.05, 4.69) is 43.3 Å². The van der Waals surface area contributed by atoms with Crippen LogP contribution in [0.15, 0.2) is 18.3 Å². The fraction of sp³-hybridized carbons (Fsp3) is 0.444. The van der Waals surface area contributed by atoms with Crippen molar-refractivity contribution in [2.75, 3.05) is 0 Å². The topological polar surface area (TPSA) is 4.93 Å². The van der Waals surface area contributed by atoms with Gasteiger partial charge in [0, 0.05) is 25.4 Å². The molecule has 0 atom stereocenters. The van der Waals surface area contributed by atoms with Crippen molar-refractivity contribution in [3.63, 3.8) is 0 Å². The summed E-state index contributed by atoms with van der Waals surface area (Å²) in [5.74, 6) is 0. The van der Waals surface area contributed by atoms with Gasteiger partial charge in [0.2, 0.25) is 0 Å². The molecule has 0 N–H and O–H groups in total. The van der Waals surface area contributed by atoms with Crippen LogP contribution in [0.3, 0.4) is 0 Å². The fourth-order valence-electron chi connectivity index (χ4n) is 0.979. The quantitative estimate of drug-likeness (QED) is 0.601. The summed E-state index contributed by atoms with van der Waals surface area (Å²) >= 11 is 0. The Morgan fingerprint density at radius 2 is 2.40 bits per heavy atom. The fourth-order valence-corrected chi connectivity index (χ4v) is 0.979. The van der Waals surface area contributed by atoms with Crippen molar-refractivity contribution in [3.05, 3.63) is 30.4 Å². The van der Waals surface area contributed by atoms with Crippen LogP contribution in [0.5, 0.6) is 0 Å². The summed E-state index contributed by atoms with van der Waals surface area (Å²) in [6, 6.07) is 4.21. The van der Waals surface area contributed by atoms with E-state index in [-0.39, 0.29) is 0 Å². The monoisotopic (exact) mass is 136 g/mol. The number of hydrogen-bond donors (Lipinski definition) is 0. The Morgan fingerprint density at radius 1 is 1.60 bits per heavy atom. The molecule has 0 aliphatic heterocycles. The molecule has 1 nitrogen and oxygen atoms in total. The number of rotatable bonds is 3. The summed E-state index contributed by atoms with van der Waals surface area (Å²) in [5.41, 5.74) is 1.32. The first-order valence-electron chi connectivity index (χ1n) is 3.79. The highest BCUT2D eigenvalue weighted by molar-refractivity contribution is 5.15. The molecule has 0 aromatic carbocycles. The normalized spacial score (nSPS) is 10.2. The highest BCUT2D eigenvalue weighted by atomic mass is 14.9. The van der Waals surface area contributed by atoms with E-state index in [1.54, 1.807) is 0 Å². The van der Waals surface area contributed by atoms with E-state index < -0.39 is 0 Å².